The molecule has 0 unspecified atom stereocenters. The van der Waals surface area contributed by atoms with Crippen LogP contribution < -0.4 is 10.1 Å². The number of hydrogen-bond acceptors (Lipinski definition) is 6. The first-order chi connectivity index (χ1) is 12.6. The molecule has 2 aromatic rings. The predicted octanol–water partition coefficient (Wildman–Crippen LogP) is 2.30. The molecular weight excluding hydrogens is 391 g/mol. The largest absolute Gasteiger partial charge is 0.484 e. The van der Waals surface area contributed by atoms with Gasteiger partial charge in [-0.05, 0) is 24.4 Å². The van der Waals surface area contributed by atoms with Crippen molar-refractivity contribution in [3.05, 3.63) is 44.5 Å². The first kappa shape index (κ1) is 20.4. The third-order valence-electron chi connectivity index (χ3n) is 3.42. The molecule has 27 heavy (non-hydrogen) atoms. The summed E-state index contributed by atoms with van der Waals surface area (Å²) in [6.45, 7) is -1.50. The van der Waals surface area contributed by atoms with Crippen molar-refractivity contribution in [1.29, 1.82) is 0 Å². The first-order valence-corrected chi connectivity index (χ1v) is 7.86. The number of nitro groups is 1. The summed E-state index contributed by atoms with van der Waals surface area (Å²) in [6.07, 6.45) is -4.29. The van der Waals surface area contributed by atoms with Crippen LogP contribution in [0.3, 0.4) is 0 Å². The number of halogens is 3. The van der Waals surface area contributed by atoms with Gasteiger partial charge in [-0.25, -0.2) is 0 Å². The van der Waals surface area contributed by atoms with Crippen LogP contribution in [0.5, 0.6) is 5.75 Å². The summed E-state index contributed by atoms with van der Waals surface area (Å²) in [5.74, 6) is -0.578. The zero-order valence-corrected chi connectivity index (χ0v) is 14.7. The summed E-state index contributed by atoms with van der Waals surface area (Å²) in [5, 5.41) is 20.1. The summed E-state index contributed by atoms with van der Waals surface area (Å²) in [5.41, 5.74) is -0.958. The van der Waals surface area contributed by atoms with E-state index in [1.807, 2.05) is 0 Å². The van der Waals surface area contributed by atoms with E-state index in [-0.39, 0.29) is 18.7 Å². The third kappa shape index (κ3) is 5.51. The van der Waals surface area contributed by atoms with Crippen LogP contribution in [0, 0.1) is 14.9 Å². The Hall–Kier alpha value is -2.96. The van der Waals surface area contributed by atoms with Gasteiger partial charge in [-0.3, -0.25) is 20.0 Å². The SMILES string of the molecule is Cn1c(CCNC(=O)c2cc(OCC(F)(F)F)ccc2[N+](=O)[O-])n[nH]c1=S. The van der Waals surface area contributed by atoms with Gasteiger partial charge in [0.15, 0.2) is 11.4 Å². The van der Waals surface area contributed by atoms with Gasteiger partial charge in [0.25, 0.3) is 11.6 Å². The van der Waals surface area contributed by atoms with E-state index in [9.17, 15) is 28.1 Å². The molecule has 0 saturated carbocycles. The quantitative estimate of drug-likeness (QED) is 0.415. The lowest BCUT2D eigenvalue weighted by atomic mass is 10.1. The van der Waals surface area contributed by atoms with Crippen molar-refractivity contribution < 1.29 is 27.6 Å². The molecule has 0 saturated heterocycles. The molecular formula is C14H14F3N5O4S. The van der Waals surface area contributed by atoms with Crippen molar-refractivity contribution in [3.63, 3.8) is 0 Å². The molecule has 146 valence electrons. The van der Waals surface area contributed by atoms with Crippen LogP contribution in [0.1, 0.15) is 16.2 Å². The summed E-state index contributed by atoms with van der Waals surface area (Å²) < 4.78 is 43.2. The molecule has 0 atom stereocenters. The molecule has 0 aliphatic rings. The number of aromatic nitrogens is 3. The average molecular weight is 405 g/mol. The standard InChI is InChI=1S/C14H14F3N5O4S/c1-21-11(19-20-13(21)27)4-5-18-12(23)9-6-8(26-7-14(15,16)17)2-3-10(9)22(24)25/h2-3,6H,4-5,7H2,1H3,(H,18,23)(H,20,27). The summed E-state index contributed by atoms with van der Waals surface area (Å²) in [7, 11) is 1.68. The fourth-order valence-electron chi connectivity index (χ4n) is 2.10. The number of nitrogens with zero attached hydrogens (tertiary/aromatic N) is 3. The lowest BCUT2D eigenvalue weighted by molar-refractivity contribution is -0.385. The number of aromatic amines is 1. The van der Waals surface area contributed by atoms with Gasteiger partial charge in [-0.2, -0.15) is 18.3 Å². The number of rotatable bonds is 7. The number of alkyl halides is 3. The number of H-pyrrole nitrogens is 1. The molecule has 0 bridgehead atoms. The van der Waals surface area contributed by atoms with Crippen LogP contribution in [-0.4, -0.2) is 44.9 Å². The van der Waals surface area contributed by atoms with E-state index in [0.29, 0.717) is 10.6 Å². The van der Waals surface area contributed by atoms with Gasteiger partial charge in [-0.1, -0.05) is 0 Å². The summed E-state index contributed by atoms with van der Waals surface area (Å²) in [6, 6.07) is 2.81. The van der Waals surface area contributed by atoms with E-state index in [2.05, 4.69) is 20.3 Å². The molecule has 1 aromatic heterocycles. The Morgan fingerprint density at radius 3 is 2.74 bits per heavy atom. The van der Waals surface area contributed by atoms with Gasteiger partial charge in [-0.15, -0.1) is 0 Å². The van der Waals surface area contributed by atoms with Gasteiger partial charge in [0.05, 0.1) is 4.92 Å². The van der Waals surface area contributed by atoms with Gasteiger partial charge in [0.2, 0.25) is 0 Å². The van der Waals surface area contributed by atoms with E-state index >= 15 is 0 Å². The minimum absolute atomic E-state index is 0.0804. The zero-order valence-electron chi connectivity index (χ0n) is 13.9. The number of ether oxygens (including phenoxy) is 1. The highest BCUT2D eigenvalue weighted by atomic mass is 32.1. The second kappa shape index (κ2) is 8.16. The van der Waals surface area contributed by atoms with Gasteiger partial charge >= 0.3 is 6.18 Å². The highest BCUT2D eigenvalue weighted by Crippen LogP contribution is 2.25. The Morgan fingerprint density at radius 1 is 1.48 bits per heavy atom. The molecule has 13 heteroatoms. The molecule has 0 aliphatic carbocycles. The molecule has 1 amide bonds. The highest BCUT2D eigenvalue weighted by molar-refractivity contribution is 7.71. The van der Waals surface area contributed by atoms with Crippen LogP contribution in [0.4, 0.5) is 18.9 Å². The summed E-state index contributed by atoms with van der Waals surface area (Å²) in [4.78, 5) is 22.5. The Kier molecular flexibility index (Phi) is 6.15. The van der Waals surface area contributed by atoms with Crippen LogP contribution in [-0.2, 0) is 13.5 Å². The van der Waals surface area contributed by atoms with Gasteiger partial charge in [0, 0.05) is 26.1 Å². The molecule has 2 rings (SSSR count). The Morgan fingerprint density at radius 2 is 2.19 bits per heavy atom. The summed E-state index contributed by atoms with van der Waals surface area (Å²) >= 11 is 4.95. The number of nitro benzene ring substituents is 1. The fraction of sp³-hybridized carbons (Fsp3) is 0.357. The van der Waals surface area contributed by atoms with Crippen molar-refractivity contribution >= 4 is 23.8 Å². The zero-order chi connectivity index (χ0) is 20.2. The second-order valence-corrected chi connectivity index (χ2v) is 5.74. The van der Waals surface area contributed by atoms with E-state index < -0.39 is 34.9 Å². The normalized spacial score (nSPS) is 11.3. The minimum atomic E-state index is -4.58. The monoisotopic (exact) mass is 405 g/mol. The van der Waals surface area contributed by atoms with Crippen LogP contribution in [0.25, 0.3) is 0 Å². The smallest absolute Gasteiger partial charge is 0.422 e. The van der Waals surface area contributed by atoms with Crippen molar-refractivity contribution in [1.82, 2.24) is 20.1 Å². The molecule has 0 radical (unpaired) electrons. The van der Waals surface area contributed by atoms with Crippen molar-refractivity contribution in [2.24, 2.45) is 7.05 Å². The predicted molar refractivity (Wildman–Crippen MR) is 89.1 cm³/mol. The van der Waals surface area contributed by atoms with E-state index in [1.54, 1.807) is 11.6 Å². The van der Waals surface area contributed by atoms with Crippen molar-refractivity contribution in [2.75, 3.05) is 13.2 Å². The number of nitrogens with one attached hydrogen (secondary N) is 2. The lowest BCUT2D eigenvalue weighted by Crippen LogP contribution is -2.27. The fourth-order valence-corrected chi connectivity index (χ4v) is 2.25. The number of carbonyl (C=O) groups is 1. The van der Waals surface area contributed by atoms with Crippen molar-refractivity contribution in [2.45, 2.75) is 12.6 Å². The minimum Gasteiger partial charge on any atom is -0.484 e. The molecule has 0 aliphatic heterocycles. The number of hydrogen-bond donors (Lipinski definition) is 2. The number of carbonyl (C=O) groups excluding carboxylic acids is 1. The molecule has 1 aromatic carbocycles. The Bertz CT molecular complexity index is 909. The van der Waals surface area contributed by atoms with Crippen LogP contribution in [0.15, 0.2) is 18.2 Å². The number of amides is 1. The Balaban J connectivity index is 2.10. The van der Waals surface area contributed by atoms with E-state index in [4.69, 9.17) is 12.2 Å². The average Bonchev–Trinajstić information content (AvgIpc) is 2.91. The lowest BCUT2D eigenvalue weighted by Gasteiger charge is -2.11. The molecule has 0 fully saturated rings. The topological polar surface area (TPSA) is 115 Å². The molecule has 2 N–H and O–H groups in total. The maximum Gasteiger partial charge on any atom is 0.422 e. The number of benzene rings is 1. The van der Waals surface area contributed by atoms with Gasteiger partial charge in [0.1, 0.15) is 17.1 Å². The van der Waals surface area contributed by atoms with Crippen LogP contribution >= 0.6 is 12.2 Å². The van der Waals surface area contributed by atoms with E-state index in [1.165, 1.54) is 0 Å². The highest BCUT2D eigenvalue weighted by Gasteiger charge is 2.29. The molecule has 1 heterocycles. The van der Waals surface area contributed by atoms with Gasteiger partial charge < -0.3 is 14.6 Å². The van der Waals surface area contributed by atoms with E-state index in [0.717, 1.165) is 18.2 Å². The van der Waals surface area contributed by atoms with Crippen LogP contribution in [0.2, 0.25) is 0 Å². The van der Waals surface area contributed by atoms with Crippen molar-refractivity contribution in [3.8, 4) is 5.75 Å². The Labute approximate surface area is 155 Å². The molecule has 0 spiro atoms. The molecule has 9 nitrogen and oxygen atoms in total. The second-order valence-electron chi connectivity index (χ2n) is 5.35. The first-order valence-electron chi connectivity index (χ1n) is 7.45. The third-order valence-corrected chi connectivity index (χ3v) is 3.78. The maximum atomic E-state index is 12.3. The maximum absolute atomic E-state index is 12.3.